The van der Waals surface area contributed by atoms with Crippen LogP contribution in [0.1, 0.15) is 43.0 Å². The Hall–Kier alpha value is -2.24. The molecule has 1 aromatic rings. The summed E-state index contributed by atoms with van der Waals surface area (Å²) in [5, 5.41) is 24.1. The van der Waals surface area contributed by atoms with E-state index in [9.17, 15) is 14.7 Å². The number of amides is 2. The number of anilines is 1. The zero-order valence-corrected chi connectivity index (χ0v) is 11.9. The summed E-state index contributed by atoms with van der Waals surface area (Å²) in [5.74, 6) is -1.08. The fourth-order valence-corrected chi connectivity index (χ4v) is 2.73. The van der Waals surface area contributed by atoms with Gasteiger partial charge < -0.3 is 20.8 Å². The molecule has 2 amide bonds. The van der Waals surface area contributed by atoms with Gasteiger partial charge in [-0.3, -0.25) is 0 Å². The average Bonchev–Trinajstić information content (AvgIpc) is 2.40. The quantitative estimate of drug-likeness (QED) is 0.644. The Morgan fingerprint density at radius 1 is 1.29 bits per heavy atom. The largest absolute Gasteiger partial charge is 0.505 e. The third-order valence-electron chi connectivity index (χ3n) is 3.79. The lowest BCUT2D eigenvalue weighted by Crippen LogP contribution is -2.40. The van der Waals surface area contributed by atoms with Gasteiger partial charge in [-0.2, -0.15) is 0 Å². The normalized spacial score (nSPS) is 21.6. The van der Waals surface area contributed by atoms with Crippen molar-refractivity contribution in [3.05, 3.63) is 23.8 Å². The number of aromatic carboxylic acids is 1. The Kier molecular flexibility index (Phi) is 4.67. The second-order valence-corrected chi connectivity index (χ2v) is 5.57. The number of carboxylic acids is 1. The molecule has 1 aliphatic carbocycles. The molecule has 6 heteroatoms. The van der Waals surface area contributed by atoms with Gasteiger partial charge in [0, 0.05) is 6.04 Å². The van der Waals surface area contributed by atoms with Crippen molar-refractivity contribution in [2.45, 2.75) is 38.6 Å². The number of carbonyl (C=O) groups excluding carboxylic acids is 1. The number of para-hydroxylation sites is 1. The predicted octanol–water partition coefficient (Wildman–Crippen LogP) is 2.79. The van der Waals surface area contributed by atoms with Gasteiger partial charge in [-0.1, -0.05) is 25.8 Å². The molecule has 0 heterocycles. The molecule has 1 aromatic carbocycles. The third-order valence-corrected chi connectivity index (χ3v) is 3.79. The second-order valence-electron chi connectivity index (χ2n) is 5.57. The minimum atomic E-state index is -1.24. The lowest BCUT2D eigenvalue weighted by molar-refractivity contribution is 0.0693. The second kappa shape index (κ2) is 6.47. The first-order valence-corrected chi connectivity index (χ1v) is 7.10. The first-order chi connectivity index (χ1) is 9.97. The molecule has 2 rings (SSSR count). The van der Waals surface area contributed by atoms with Crippen molar-refractivity contribution < 1.29 is 19.8 Å². The van der Waals surface area contributed by atoms with E-state index in [1.54, 1.807) is 0 Å². The first kappa shape index (κ1) is 15.2. The number of benzene rings is 1. The highest BCUT2D eigenvalue weighted by Crippen LogP contribution is 2.28. The maximum absolute atomic E-state index is 11.9. The molecule has 114 valence electrons. The monoisotopic (exact) mass is 292 g/mol. The zero-order chi connectivity index (χ0) is 15.4. The Balaban J connectivity index is 1.99. The van der Waals surface area contributed by atoms with Crippen LogP contribution < -0.4 is 10.6 Å². The molecule has 21 heavy (non-hydrogen) atoms. The van der Waals surface area contributed by atoms with Crippen LogP contribution in [0.15, 0.2) is 18.2 Å². The Morgan fingerprint density at radius 3 is 2.71 bits per heavy atom. The van der Waals surface area contributed by atoms with Gasteiger partial charge >= 0.3 is 12.0 Å². The Labute approximate surface area is 123 Å². The van der Waals surface area contributed by atoms with E-state index in [1.807, 2.05) is 0 Å². The van der Waals surface area contributed by atoms with Gasteiger partial charge in [0.1, 0.15) is 5.56 Å². The minimum absolute atomic E-state index is 0.0938. The lowest BCUT2D eigenvalue weighted by Gasteiger charge is -2.27. The van der Waals surface area contributed by atoms with E-state index in [0.717, 1.165) is 19.3 Å². The van der Waals surface area contributed by atoms with E-state index in [4.69, 9.17) is 5.11 Å². The van der Waals surface area contributed by atoms with Crippen LogP contribution in [0.4, 0.5) is 10.5 Å². The number of aromatic hydroxyl groups is 1. The molecule has 0 spiro atoms. The van der Waals surface area contributed by atoms with Gasteiger partial charge in [0.15, 0.2) is 5.75 Å². The number of carboxylic acid groups (broad SMARTS) is 1. The first-order valence-electron chi connectivity index (χ1n) is 7.10. The van der Waals surface area contributed by atoms with Crippen LogP contribution in [0, 0.1) is 5.92 Å². The fourth-order valence-electron chi connectivity index (χ4n) is 2.73. The standard InChI is InChI=1S/C15H20N2O4/c1-9-4-2-5-10(8-9)16-15(21)17-12-7-3-6-11(13(12)18)14(19)20/h3,6-7,9-10,18H,2,4-5,8H2,1H3,(H,19,20)(H2,16,17,21). The van der Waals surface area contributed by atoms with Crippen LogP contribution in [-0.2, 0) is 0 Å². The number of urea groups is 1. The van der Waals surface area contributed by atoms with E-state index in [1.165, 1.54) is 24.6 Å². The van der Waals surface area contributed by atoms with Crippen molar-refractivity contribution >= 4 is 17.7 Å². The summed E-state index contributed by atoms with van der Waals surface area (Å²) < 4.78 is 0. The summed E-state index contributed by atoms with van der Waals surface area (Å²) in [5.41, 5.74) is -0.143. The lowest BCUT2D eigenvalue weighted by atomic mass is 9.87. The smallest absolute Gasteiger partial charge is 0.339 e. The predicted molar refractivity (Wildman–Crippen MR) is 78.6 cm³/mol. The molecular formula is C15H20N2O4. The van der Waals surface area contributed by atoms with E-state index in [0.29, 0.717) is 5.92 Å². The van der Waals surface area contributed by atoms with Crippen molar-refractivity contribution in [2.24, 2.45) is 5.92 Å². The molecule has 1 saturated carbocycles. The summed E-state index contributed by atoms with van der Waals surface area (Å²) in [4.78, 5) is 22.9. The Bertz CT molecular complexity index is 544. The number of phenols is 1. The van der Waals surface area contributed by atoms with Crippen LogP contribution in [0.3, 0.4) is 0 Å². The molecule has 0 bridgehead atoms. The summed E-state index contributed by atoms with van der Waals surface area (Å²) in [6.45, 7) is 2.16. The summed E-state index contributed by atoms with van der Waals surface area (Å²) in [7, 11) is 0. The maximum Gasteiger partial charge on any atom is 0.339 e. The van der Waals surface area contributed by atoms with Gasteiger partial charge in [-0.05, 0) is 30.9 Å². The van der Waals surface area contributed by atoms with E-state index < -0.39 is 17.7 Å². The van der Waals surface area contributed by atoms with E-state index >= 15 is 0 Å². The SMILES string of the molecule is CC1CCCC(NC(=O)Nc2cccc(C(=O)O)c2O)C1. The minimum Gasteiger partial charge on any atom is -0.505 e. The molecule has 0 radical (unpaired) electrons. The highest BCUT2D eigenvalue weighted by Gasteiger charge is 2.21. The molecule has 0 saturated heterocycles. The van der Waals surface area contributed by atoms with Gasteiger partial charge in [-0.25, -0.2) is 9.59 Å². The summed E-state index contributed by atoms with van der Waals surface area (Å²) in [6, 6.07) is 3.92. The molecular weight excluding hydrogens is 272 g/mol. The average molecular weight is 292 g/mol. The molecule has 2 atom stereocenters. The van der Waals surface area contributed by atoms with Crippen molar-refractivity contribution in [1.82, 2.24) is 5.32 Å². The van der Waals surface area contributed by atoms with E-state index in [-0.39, 0.29) is 17.3 Å². The van der Waals surface area contributed by atoms with Crippen LogP contribution in [0.25, 0.3) is 0 Å². The third kappa shape index (κ3) is 3.87. The van der Waals surface area contributed by atoms with Crippen molar-refractivity contribution in [3.63, 3.8) is 0 Å². The van der Waals surface area contributed by atoms with E-state index in [2.05, 4.69) is 17.6 Å². The molecule has 0 aliphatic heterocycles. The van der Waals surface area contributed by atoms with Gasteiger partial charge in [0.25, 0.3) is 0 Å². The number of rotatable bonds is 3. The van der Waals surface area contributed by atoms with Crippen molar-refractivity contribution in [2.75, 3.05) is 5.32 Å². The summed E-state index contributed by atoms with van der Waals surface area (Å²) in [6.07, 6.45) is 4.15. The molecule has 6 nitrogen and oxygen atoms in total. The molecule has 4 N–H and O–H groups in total. The van der Waals surface area contributed by atoms with Crippen molar-refractivity contribution in [3.8, 4) is 5.75 Å². The number of carbonyl (C=O) groups is 2. The topological polar surface area (TPSA) is 98.7 Å². The maximum atomic E-state index is 11.9. The molecule has 0 aromatic heterocycles. The molecule has 1 fully saturated rings. The van der Waals surface area contributed by atoms with Crippen LogP contribution >= 0.6 is 0 Å². The van der Waals surface area contributed by atoms with Gasteiger partial charge in [0.05, 0.1) is 5.69 Å². The van der Waals surface area contributed by atoms with Crippen LogP contribution in [0.5, 0.6) is 5.75 Å². The fraction of sp³-hybridized carbons (Fsp3) is 0.467. The van der Waals surface area contributed by atoms with Crippen LogP contribution in [-0.4, -0.2) is 28.3 Å². The number of nitrogens with one attached hydrogen (secondary N) is 2. The van der Waals surface area contributed by atoms with Gasteiger partial charge in [0.2, 0.25) is 0 Å². The van der Waals surface area contributed by atoms with Crippen LogP contribution in [0.2, 0.25) is 0 Å². The van der Waals surface area contributed by atoms with Gasteiger partial charge in [-0.15, -0.1) is 0 Å². The summed E-state index contributed by atoms with van der Waals surface area (Å²) >= 11 is 0. The highest BCUT2D eigenvalue weighted by atomic mass is 16.4. The zero-order valence-electron chi connectivity index (χ0n) is 11.9. The number of hydrogen-bond acceptors (Lipinski definition) is 3. The number of hydrogen-bond donors (Lipinski definition) is 4. The molecule has 1 aliphatic rings. The molecule has 2 unspecified atom stereocenters. The Morgan fingerprint density at radius 2 is 2.05 bits per heavy atom. The highest BCUT2D eigenvalue weighted by molar-refractivity contribution is 5.97. The van der Waals surface area contributed by atoms with Crippen molar-refractivity contribution in [1.29, 1.82) is 0 Å².